The lowest BCUT2D eigenvalue weighted by Crippen LogP contribution is -2.45. The van der Waals surface area contributed by atoms with E-state index >= 15 is 0 Å². The Morgan fingerprint density at radius 1 is 0.556 bits per heavy atom. The van der Waals surface area contributed by atoms with E-state index in [1.807, 2.05) is 42.5 Å². The van der Waals surface area contributed by atoms with E-state index in [4.69, 9.17) is 38.9 Å². The number of benzene rings is 4. The van der Waals surface area contributed by atoms with E-state index in [-0.39, 0.29) is 61.4 Å². The summed E-state index contributed by atoms with van der Waals surface area (Å²) < 4.78 is 42.0. The van der Waals surface area contributed by atoms with Crippen molar-refractivity contribution in [3.63, 3.8) is 0 Å². The normalized spacial score (nSPS) is 17.7. The van der Waals surface area contributed by atoms with Gasteiger partial charge in [0.05, 0.1) is 57.0 Å². The van der Waals surface area contributed by atoms with Gasteiger partial charge in [-0.2, -0.15) is 0 Å². The van der Waals surface area contributed by atoms with Gasteiger partial charge in [-0.15, -0.1) is 0 Å². The zero-order valence-electron chi connectivity index (χ0n) is 42.9. The molecule has 4 heterocycles. The Hall–Kier alpha value is -6.61. The zero-order valence-corrected chi connectivity index (χ0v) is 44.9. The molecule has 2 N–H and O–H groups in total. The topological polar surface area (TPSA) is 172 Å². The van der Waals surface area contributed by atoms with Gasteiger partial charge in [-0.3, -0.25) is 29.0 Å². The van der Waals surface area contributed by atoms with Crippen LogP contribution in [0.15, 0.2) is 85.2 Å². The number of amides is 4. The summed E-state index contributed by atoms with van der Waals surface area (Å²) in [5, 5.41) is 0. The molecular weight excluding hydrogens is 951 g/mol. The van der Waals surface area contributed by atoms with Gasteiger partial charge < -0.3 is 48.7 Å². The van der Waals surface area contributed by atoms with Crippen LogP contribution in [0.25, 0.3) is 11.1 Å². The van der Waals surface area contributed by atoms with Crippen molar-refractivity contribution in [3.05, 3.63) is 107 Å². The maximum absolute atomic E-state index is 14.6. The van der Waals surface area contributed by atoms with Crippen LogP contribution in [0.1, 0.15) is 51.1 Å². The summed E-state index contributed by atoms with van der Waals surface area (Å²) in [6.45, 7) is 14.7. The van der Waals surface area contributed by atoms with Gasteiger partial charge in [0.15, 0.2) is 23.0 Å². The molecule has 4 aliphatic heterocycles. The van der Waals surface area contributed by atoms with Crippen LogP contribution in [0, 0.1) is 0 Å². The quantitative estimate of drug-likeness (QED) is 0.0478. The highest BCUT2D eigenvalue weighted by Gasteiger charge is 2.45. The summed E-state index contributed by atoms with van der Waals surface area (Å²) in [5.41, 5.74) is 11.4. The Morgan fingerprint density at radius 3 is 1.46 bits per heavy atom. The van der Waals surface area contributed by atoms with Crippen molar-refractivity contribution in [1.29, 1.82) is 0 Å². The van der Waals surface area contributed by atoms with Gasteiger partial charge in [-0.05, 0) is 70.8 Å². The van der Waals surface area contributed by atoms with E-state index in [1.165, 1.54) is 28.9 Å². The molecule has 0 aromatic heterocycles. The SMILES string of the molecule is COc1ccc(C2=CN3C(=O)c4cc(OC)c(OCCCOc5cc6c(cc5OC)C(=O)N5C=C(c7cccc(N)c7)C[C@H]5C(=O)N6COCC[Si](C)(C)C)cc4N(COCC[Si](C)(C)C)C(=O)[C@@H]3C2)cc1. The number of rotatable bonds is 21. The average molecular weight is 1020 g/mol. The molecule has 8 rings (SSSR count). The van der Waals surface area contributed by atoms with Crippen molar-refractivity contribution in [2.45, 2.75) is 82.7 Å². The second kappa shape index (κ2) is 21.6. The number of nitrogens with zero attached hydrogens (tertiary/aromatic N) is 4. The van der Waals surface area contributed by atoms with Gasteiger partial charge in [0, 0.05) is 78.8 Å². The van der Waals surface area contributed by atoms with Gasteiger partial charge in [-0.1, -0.05) is 63.5 Å². The molecule has 4 aromatic carbocycles. The number of methoxy groups -OCH3 is 3. The van der Waals surface area contributed by atoms with Crippen molar-refractivity contribution in [2.24, 2.45) is 0 Å². The summed E-state index contributed by atoms with van der Waals surface area (Å²) in [6, 6.07) is 21.8. The average Bonchev–Trinajstić information content (AvgIpc) is 3.98. The summed E-state index contributed by atoms with van der Waals surface area (Å²) in [6.07, 6.45) is 4.52. The van der Waals surface area contributed by atoms with Crippen LogP contribution in [-0.4, -0.2) is 123 Å². The number of hydrogen-bond donors (Lipinski definition) is 1. The molecule has 0 saturated carbocycles. The smallest absolute Gasteiger partial charge is 0.260 e. The first-order valence-electron chi connectivity index (χ1n) is 24.4. The highest BCUT2D eigenvalue weighted by molar-refractivity contribution is 6.76. The van der Waals surface area contributed by atoms with Crippen LogP contribution in [0.3, 0.4) is 0 Å². The third-order valence-corrected chi connectivity index (χ3v) is 16.6. The Morgan fingerprint density at radius 2 is 1.03 bits per heavy atom. The molecule has 0 aliphatic carbocycles. The molecule has 4 aliphatic rings. The Balaban J connectivity index is 1.02. The van der Waals surface area contributed by atoms with E-state index < -0.39 is 28.2 Å². The molecule has 18 heteroatoms. The molecule has 16 nitrogen and oxygen atoms in total. The van der Waals surface area contributed by atoms with E-state index in [9.17, 15) is 19.2 Å². The fraction of sp³-hybridized carbons (Fsp3) is 0.407. The molecule has 72 heavy (non-hydrogen) atoms. The van der Waals surface area contributed by atoms with E-state index in [0.717, 1.165) is 34.4 Å². The molecular formula is C54H67N5O11Si2. The van der Waals surface area contributed by atoms with Gasteiger partial charge in [0.2, 0.25) is 0 Å². The van der Waals surface area contributed by atoms with Crippen LogP contribution in [0.4, 0.5) is 17.1 Å². The third kappa shape index (κ3) is 11.4. The lowest BCUT2D eigenvalue weighted by molar-refractivity contribution is -0.123. The number of ether oxygens (including phenoxy) is 7. The molecule has 0 unspecified atom stereocenters. The van der Waals surface area contributed by atoms with Crippen molar-refractivity contribution < 1.29 is 52.3 Å². The van der Waals surface area contributed by atoms with E-state index in [1.54, 1.807) is 54.7 Å². The number of hydrogen-bond acceptors (Lipinski definition) is 12. The minimum atomic E-state index is -1.45. The number of fused-ring (bicyclic) bond motifs is 4. The number of carbonyl (C=O) groups is 4. The largest absolute Gasteiger partial charge is 0.497 e. The number of anilines is 3. The lowest BCUT2D eigenvalue weighted by Gasteiger charge is -2.27. The van der Waals surface area contributed by atoms with Crippen LogP contribution in [0.5, 0.6) is 28.7 Å². The first-order valence-corrected chi connectivity index (χ1v) is 31.8. The van der Waals surface area contributed by atoms with Crippen molar-refractivity contribution in [3.8, 4) is 28.7 Å². The summed E-state index contributed by atoms with van der Waals surface area (Å²) in [4.78, 5) is 64.2. The molecule has 0 fully saturated rings. The number of nitrogens with two attached hydrogens (primary N) is 1. The van der Waals surface area contributed by atoms with Crippen LogP contribution in [-0.2, 0) is 19.1 Å². The third-order valence-electron chi connectivity index (χ3n) is 13.2. The highest BCUT2D eigenvalue weighted by atomic mass is 28.3. The monoisotopic (exact) mass is 1020 g/mol. The number of carbonyl (C=O) groups excluding carboxylic acids is 4. The van der Waals surface area contributed by atoms with Gasteiger partial charge >= 0.3 is 0 Å². The first-order chi connectivity index (χ1) is 34.4. The molecule has 0 radical (unpaired) electrons. The van der Waals surface area contributed by atoms with Crippen LogP contribution < -0.4 is 39.2 Å². The Kier molecular flexibility index (Phi) is 15.5. The lowest BCUT2D eigenvalue weighted by atomic mass is 10.0. The summed E-state index contributed by atoms with van der Waals surface area (Å²) in [7, 11) is 1.71. The van der Waals surface area contributed by atoms with E-state index in [2.05, 4.69) is 39.3 Å². The predicted octanol–water partition coefficient (Wildman–Crippen LogP) is 8.97. The zero-order chi connectivity index (χ0) is 51.5. The fourth-order valence-electron chi connectivity index (χ4n) is 9.04. The minimum absolute atomic E-state index is 0.0487. The van der Waals surface area contributed by atoms with E-state index in [0.29, 0.717) is 78.3 Å². The molecule has 4 amide bonds. The first kappa shape index (κ1) is 51.7. The predicted molar refractivity (Wildman–Crippen MR) is 283 cm³/mol. The van der Waals surface area contributed by atoms with Crippen molar-refractivity contribution in [1.82, 2.24) is 9.80 Å². The maximum atomic E-state index is 14.6. The Labute approximate surface area is 424 Å². The molecule has 0 saturated heterocycles. The molecule has 0 bridgehead atoms. The molecule has 2 atom stereocenters. The Bertz CT molecular complexity index is 2770. The van der Waals surface area contributed by atoms with Crippen LogP contribution >= 0.6 is 0 Å². The minimum Gasteiger partial charge on any atom is -0.497 e. The summed E-state index contributed by atoms with van der Waals surface area (Å²) >= 11 is 0. The highest BCUT2D eigenvalue weighted by Crippen LogP contribution is 2.44. The fourth-order valence-corrected chi connectivity index (χ4v) is 10.6. The van der Waals surface area contributed by atoms with Gasteiger partial charge in [0.25, 0.3) is 23.6 Å². The molecule has 4 aromatic rings. The second-order valence-electron chi connectivity index (χ2n) is 20.8. The van der Waals surface area contributed by atoms with Crippen LogP contribution in [0.2, 0.25) is 51.4 Å². The molecule has 382 valence electrons. The second-order valence-corrected chi connectivity index (χ2v) is 32.1. The summed E-state index contributed by atoms with van der Waals surface area (Å²) in [5.74, 6) is 0.756. The van der Waals surface area contributed by atoms with Crippen molar-refractivity contribution >= 4 is 68.0 Å². The molecule has 0 spiro atoms. The van der Waals surface area contributed by atoms with Gasteiger partial charge in [-0.25, -0.2) is 0 Å². The standard InChI is InChI=1S/C54H67N5O11Si2/c1-64-40-16-14-35(15-17-40)37-25-45-53(62)58(33-67-20-22-71(4,5)6)43-29-49(47(65-2)27-41(43)51(60)56(45)31-37)69-18-11-19-70-50-30-44-42(28-48(50)66-3)52(61)57-32-38(36-12-10-13-39(55)24-36)26-46(57)54(63)59(44)34-68-21-23-72(7,8)9/h10,12-17,24,27-32,45-46H,11,18-23,25-26,33-34,55H2,1-9H3/t45-,46-/m0/s1. The van der Waals surface area contributed by atoms with Crippen molar-refractivity contribution in [2.75, 3.05) is 76.8 Å². The van der Waals surface area contributed by atoms with Gasteiger partial charge in [0.1, 0.15) is 31.3 Å². The number of nitrogen functional groups attached to an aromatic ring is 1. The maximum Gasteiger partial charge on any atom is 0.260 e.